The van der Waals surface area contributed by atoms with E-state index in [9.17, 15) is 0 Å². The zero-order valence-electron chi connectivity index (χ0n) is 4.40. The number of aliphatic hydroxyl groups excluding tert-OH is 2. The van der Waals surface area contributed by atoms with Gasteiger partial charge in [-0.15, -0.1) is 0 Å². The molecule has 0 saturated heterocycles. The van der Waals surface area contributed by atoms with Crippen LogP contribution in [0.4, 0.5) is 4.70 Å². The highest BCUT2D eigenvalue weighted by Crippen LogP contribution is 1.78. The van der Waals surface area contributed by atoms with Gasteiger partial charge < -0.3 is 15.3 Å². The number of rotatable bonds is 2. The summed E-state index contributed by atoms with van der Waals surface area (Å²) in [5, 5.41) is 26.7. The van der Waals surface area contributed by atoms with Gasteiger partial charge in [-0.3, -0.25) is 10.0 Å². The van der Waals surface area contributed by atoms with Crippen LogP contribution in [0.3, 0.4) is 0 Å². The van der Waals surface area contributed by atoms with Gasteiger partial charge in [0.2, 0.25) is 0 Å². The molecule has 52 valence electrons. The molecule has 1 unspecified atom stereocenters. The van der Waals surface area contributed by atoms with Crippen LogP contribution in [0, 0.1) is 0 Å². The van der Waals surface area contributed by atoms with Crippen molar-refractivity contribution in [2.75, 3.05) is 7.05 Å². The molecule has 0 rings (SSSR count). The lowest BCUT2D eigenvalue weighted by Gasteiger charge is -2.09. The Hall–Kier alpha value is -0.230. The first-order valence-electron chi connectivity index (χ1n) is 1.90. The van der Waals surface area contributed by atoms with Crippen LogP contribution in [0.25, 0.3) is 0 Å². The van der Waals surface area contributed by atoms with Crippen molar-refractivity contribution in [3.63, 3.8) is 0 Å². The Morgan fingerprint density at radius 3 is 1.62 bits per heavy atom. The van der Waals surface area contributed by atoms with Crippen LogP contribution in [0.1, 0.15) is 0 Å². The van der Waals surface area contributed by atoms with Crippen molar-refractivity contribution in [2.45, 2.75) is 12.5 Å². The fourth-order valence-corrected chi connectivity index (χ4v) is 0.149. The second-order valence-corrected chi connectivity index (χ2v) is 1.15. The average Bonchev–Trinajstić information content (AvgIpc) is 1.65. The Morgan fingerprint density at radius 1 is 1.25 bits per heavy atom. The van der Waals surface area contributed by atoms with Crippen LogP contribution in [0.15, 0.2) is 0 Å². The van der Waals surface area contributed by atoms with Gasteiger partial charge in [0.15, 0.2) is 12.5 Å². The van der Waals surface area contributed by atoms with Crippen molar-refractivity contribution in [3.8, 4) is 0 Å². The maximum Gasteiger partial charge on any atom is 0.192 e. The SMILES string of the molecule is CNC(O)C(O)O.F. The normalized spacial score (nSPS) is 13.1. The van der Waals surface area contributed by atoms with Gasteiger partial charge in [0.1, 0.15) is 0 Å². The minimum absolute atomic E-state index is 0. The van der Waals surface area contributed by atoms with Crippen molar-refractivity contribution in [3.05, 3.63) is 0 Å². The molecule has 0 aliphatic rings. The molecule has 0 fully saturated rings. The van der Waals surface area contributed by atoms with E-state index in [-0.39, 0.29) is 4.70 Å². The highest BCUT2D eigenvalue weighted by molar-refractivity contribution is 4.45. The molecule has 4 nitrogen and oxygen atoms in total. The summed E-state index contributed by atoms with van der Waals surface area (Å²) in [6.45, 7) is 0. The highest BCUT2D eigenvalue weighted by Gasteiger charge is 2.06. The van der Waals surface area contributed by atoms with E-state index in [2.05, 4.69) is 5.32 Å². The van der Waals surface area contributed by atoms with Crippen molar-refractivity contribution in [1.29, 1.82) is 0 Å². The molecule has 0 aromatic rings. The van der Waals surface area contributed by atoms with Gasteiger partial charge in [-0.05, 0) is 7.05 Å². The zero-order chi connectivity index (χ0) is 5.86. The molecule has 8 heavy (non-hydrogen) atoms. The van der Waals surface area contributed by atoms with Crippen LogP contribution in [-0.4, -0.2) is 34.9 Å². The minimum atomic E-state index is -1.69. The Morgan fingerprint density at radius 2 is 1.62 bits per heavy atom. The van der Waals surface area contributed by atoms with Crippen molar-refractivity contribution < 1.29 is 20.0 Å². The summed E-state index contributed by atoms with van der Waals surface area (Å²) in [5.41, 5.74) is 0. The van der Waals surface area contributed by atoms with Gasteiger partial charge in [0.25, 0.3) is 0 Å². The van der Waals surface area contributed by atoms with E-state index in [1.807, 2.05) is 0 Å². The molecule has 0 radical (unpaired) electrons. The van der Waals surface area contributed by atoms with Crippen molar-refractivity contribution in [1.82, 2.24) is 5.32 Å². The molecular weight excluding hydrogens is 117 g/mol. The van der Waals surface area contributed by atoms with E-state index in [0.717, 1.165) is 0 Å². The predicted octanol–water partition coefficient (Wildman–Crippen LogP) is -2.01. The van der Waals surface area contributed by atoms with E-state index in [0.29, 0.717) is 0 Å². The Balaban J connectivity index is 0. The third-order valence-electron chi connectivity index (χ3n) is 0.578. The number of likely N-dealkylation sites (N-methyl/N-ethyl adjacent to an activating group) is 1. The van der Waals surface area contributed by atoms with Crippen LogP contribution in [0.2, 0.25) is 0 Å². The largest absolute Gasteiger partial charge is 0.373 e. The summed E-state index contributed by atoms with van der Waals surface area (Å²) in [7, 11) is 1.42. The predicted molar refractivity (Wildman–Crippen MR) is 25.8 cm³/mol. The molecular formula is C3H10FNO3. The smallest absolute Gasteiger partial charge is 0.192 e. The number of nitrogens with one attached hydrogen (secondary N) is 1. The lowest BCUT2D eigenvalue weighted by molar-refractivity contribution is -0.130. The monoisotopic (exact) mass is 127 g/mol. The maximum atomic E-state index is 8.32. The molecule has 0 aromatic heterocycles. The quantitative estimate of drug-likeness (QED) is 0.323. The van der Waals surface area contributed by atoms with Crippen LogP contribution >= 0.6 is 0 Å². The third kappa shape index (κ3) is 3.94. The van der Waals surface area contributed by atoms with Gasteiger partial charge in [0.05, 0.1) is 0 Å². The lowest BCUT2D eigenvalue weighted by atomic mass is 10.6. The van der Waals surface area contributed by atoms with Crippen molar-refractivity contribution in [2.24, 2.45) is 0 Å². The first kappa shape index (κ1) is 10.7. The summed E-state index contributed by atoms with van der Waals surface area (Å²) < 4.78 is 0. The molecule has 4 N–H and O–H groups in total. The second kappa shape index (κ2) is 4.92. The number of halogens is 1. The topological polar surface area (TPSA) is 72.7 Å². The number of aliphatic hydroxyl groups is 3. The Labute approximate surface area is 46.1 Å². The fourth-order valence-electron chi connectivity index (χ4n) is 0.149. The van der Waals surface area contributed by atoms with E-state index >= 15 is 0 Å². The molecule has 0 bridgehead atoms. The second-order valence-electron chi connectivity index (χ2n) is 1.15. The van der Waals surface area contributed by atoms with Gasteiger partial charge >= 0.3 is 0 Å². The number of hydrogen-bond donors (Lipinski definition) is 4. The lowest BCUT2D eigenvalue weighted by Crippen LogP contribution is -2.36. The Bertz CT molecular complexity index is 51.8. The first-order chi connectivity index (χ1) is 3.18. The summed E-state index contributed by atoms with van der Waals surface area (Å²) >= 11 is 0. The van der Waals surface area contributed by atoms with E-state index in [1.165, 1.54) is 7.05 Å². The van der Waals surface area contributed by atoms with Crippen molar-refractivity contribution >= 4 is 0 Å². The molecule has 0 aliphatic carbocycles. The molecule has 0 saturated carbocycles. The number of hydrogen-bond acceptors (Lipinski definition) is 4. The molecule has 5 heteroatoms. The van der Waals surface area contributed by atoms with Crippen LogP contribution in [-0.2, 0) is 0 Å². The first-order valence-corrected chi connectivity index (χ1v) is 1.90. The van der Waals surface area contributed by atoms with Gasteiger partial charge in [0, 0.05) is 0 Å². The molecule has 0 aliphatic heterocycles. The fraction of sp³-hybridized carbons (Fsp3) is 1.00. The van der Waals surface area contributed by atoms with E-state index in [1.54, 1.807) is 0 Å². The van der Waals surface area contributed by atoms with Crippen LogP contribution < -0.4 is 5.32 Å². The average molecular weight is 127 g/mol. The van der Waals surface area contributed by atoms with Gasteiger partial charge in [-0.25, -0.2) is 0 Å². The molecule has 0 amide bonds. The van der Waals surface area contributed by atoms with Crippen LogP contribution in [0.5, 0.6) is 0 Å². The third-order valence-corrected chi connectivity index (χ3v) is 0.578. The van der Waals surface area contributed by atoms with E-state index < -0.39 is 12.5 Å². The standard InChI is InChI=1S/C3H9NO3.FH/c1-4-2(5)3(6)7;/h2-7H,1H3;1H. The Kier molecular flexibility index (Phi) is 6.58. The highest BCUT2D eigenvalue weighted by atomic mass is 19.0. The van der Waals surface area contributed by atoms with Gasteiger partial charge in [-0.1, -0.05) is 0 Å². The molecule has 0 aromatic carbocycles. The summed E-state index contributed by atoms with van der Waals surface area (Å²) in [4.78, 5) is 0. The molecule has 0 spiro atoms. The van der Waals surface area contributed by atoms with Gasteiger partial charge in [-0.2, -0.15) is 0 Å². The molecule has 1 atom stereocenters. The van der Waals surface area contributed by atoms with E-state index in [4.69, 9.17) is 15.3 Å². The summed E-state index contributed by atoms with van der Waals surface area (Å²) in [6.07, 6.45) is -2.93. The summed E-state index contributed by atoms with van der Waals surface area (Å²) in [5.74, 6) is 0. The maximum absolute atomic E-state index is 8.32. The minimum Gasteiger partial charge on any atom is -0.373 e. The molecule has 0 heterocycles. The summed E-state index contributed by atoms with van der Waals surface area (Å²) in [6, 6.07) is 0. The zero-order valence-corrected chi connectivity index (χ0v) is 4.40.